The van der Waals surface area contributed by atoms with Crippen LogP contribution in [0.2, 0.25) is 0 Å². The number of benzene rings is 1. The quantitative estimate of drug-likeness (QED) is 0.527. The molecule has 4 heteroatoms. The molecule has 0 N–H and O–H groups in total. The molecular weight excluding hydrogens is 278 g/mol. The summed E-state index contributed by atoms with van der Waals surface area (Å²) < 4.78 is 10.7. The first-order valence-corrected chi connectivity index (χ1v) is 7.03. The van der Waals surface area contributed by atoms with E-state index < -0.39 is 0 Å². The van der Waals surface area contributed by atoms with Crippen LogP contribution in [-0.4, -0.2) is 4.98 Å². The van der Waals surface area contributed by atoms with Crippen LogP contribution in [-0.2, 0) is 0 Å². The minimum atomic E-state index is -0.374. The van der Waals surface area contributed by atoms with Crippen molar-refractivity contribution in [1.82, 2.24) is 4.98 Å². The zero-order valence-electron chi connectivity index (χ0n) is 12.2. The lowest BCUT2D eigenvalue weighted by molar-refractivity contribution is 0.539. The molecule has 0 atom stereocenters. The van der Waals surface area contributed by atoms with Crippen molar-refractivity contribution in [2.45, 2.75) is 13.8 Å². The molecule has 0 aliphatic rings. The van der Waals surface area contributed by atoms with E-state index in [-0.39, 0.29) is 5.63 Å². The third-order valence-electron chi connectivity index (χ3n) is 3.93. The van der Waals surface area contributed by atoms with Crippen molar-refractivity contribution >= 4 is 22.2 Å². The Morgan fingerprint density at radius 1 is 1.00 bits per heavy atom. The van der Waals surface area contributed by atoms with Crippen molar-refractivity contribution in [1.29, 1.82) is 0 Å². The first-order chi connectivity index (χ1) is 10.6. The smallest absolute Gasteiger partial charge is 0.341 e. The van der Waals surface area contributed by atoms with Gasteiger partial charge in [-0.2, -0.15) is 4.98 Å². The predicted molar refractivity (Wildman–Crippen MR) is 85.0 cm³/mol. The van der Waals surface area contributed by atoms with Gasteiger partial charge in [0.25, 0.3) is 0 Å². The molecule has 4 aromatic rings. The first-order valence-electron chi connectivity index (χ1n) is 7.03. The molecule has 1 aromatic carbocycles. The van der Waals surface area contributed by atoms with Crippen LogP contribution in [0.3, 0.4) is 0 Å². The number of nitrogens with zero attached hydrogens (tertiary/aromatic N) is 1. The summed E-state index contributed by atoms with van der Waals surface area (Å²) in [4.78, 5) is 16.5. The van der Waals surface area contributed by atoms with Crippen LogP contribution in [0.1, 0.15) is 11.1 Å². The Hall–Kier alpha value is -2.88. The highest BCUT2D eigenvalue weighted by atomic mass is 16.4. The molecule has 0 aliphatic carbocycles. The number of pyridine rings is 1. The highest BCUT2D eigenvalue weighted by molar-refractivity contribution is 5.99. The van der Waals surface area contributed by atoms with E-state index in [0.717, 1.165) is 27.5 Å². The first kappa shape index (κ1) is 12.8. The molecule has 4 rings (SSSR count). The van der Waals surface area contributed by atoms with Crippen molar-refractivity contribution in [3.63, 3.8) is 0 Å². The normalized spacial score (nSPS) is 11.4. The van der Waals surface area contributed by atoms with Gasteiger partial charge in [-0.05, 0) is 31.0 Å². The molecule has 0 unspecified atom stereocenters. The summed E-state index contributed by atoms with van der Waals surface area (Å²) in [6, 6.07) is 11.8. The largest absolute Gasteiger partial charge is 0.446 e. The van der Waals surface area contributed by atoms with E-state index in [9.17, 15) is 4.79 Å². The minimum Gasteiger partial charge on any atom is -0.446 e. The third kappa shape index (κ3) is 1.77. The lowest BCUT2D eigenvalue weighted by Crippen LogP contribution is -2.06. The lowest BCUT2D eigenvalue weighted by atomic mass is 9.98. The molecule has 0 aliphatic heterocycles. The van der Waals surface area contributed by atoms with Crippen LogP contribution in [0.15, 0.2) is 56.3 Å². The Morgan fingerprint density at radius 3 is 2.55 bits per heavy atom. The topological polar surface area (TPSA) is 56.2 Å². The van der Waals surface area contributed by atoms with Crippen molar-refractivity contribution in [3.05, 3.63) is 64.2 Å². The molecular formula is C18H13NO3. The summed E-state index contributed by atoms with van der Waals surface area (Å²) in [5.74, 6) is 0. The fraction of sp³-hybridized carbons (Fsp3) is 0.111. The van der Waals surface area contributed by atoms with Gasteiger partial charge in [-0.25, -0.2) is 4.79 Å². The van der Waals surface area contributed by atoms with Gasteiger partial charge in [0, 0.05) is 21.9 Å². The summed E-state index contributed by atoms with van der Waals surface area (Å²) >= 11 is 0. The van der Waals surface area contributed by atoms with Crippen LogP contribution in [0.5, 0.6) is 0 Å². The second kappa shape index (κ2) is 4.56. The molecule has 3 aromatic heterocycles. The van der Waals surface area contributed by atoms with Gasteiger partial charge >= 0.3 is 5.63 Å². The Kier molecular flexibility index (Phi) is 2.66. The van der Waals surface area contributed by atoms with Gasteiger partial charge in [-0.3, -0.25) is 0 Å². The molecule has 4 nitrogen and oxygen atoms in total. The molecule has 0 bridgehead atoms. The summed E-state index contributed by atoms with van der Waals surface area (Å²) in [5, 5.41) is 1.75. The van der Waals surface area contributed by atoms with Crippen LogP contribution in [0, 0.1) is 13.8 Å². The minimum absolute atomic E-state index is 0.302. The maximum Gasteiger partial charge on any atom is 0.341 e. The van der Waals surface area contributed by atoms with Gasteiger partial charge in [0.2, 0.25) is 11.4 Å². The Labute approximate surface area is 126 Å². The van der Waals surface area contributed by atoms with Crippen molar-refractivity contribution in [3.8, 4) is 11.1 Å². The standard InChI is InChI=1S/C18H13NO3/c1-10-9-21-16-13(10)8-14-15(12-6-4-3-5-7-12)11(2)18(20)22-17(14)19-16/h3-9H,1-2H3. The number of aryl methyl sites for hydroxylation is 1. The van der Waals surface area contributed by atoms with E-state index in [1.54, 1.807) is 13.2 Å². The van der Waals surface area contributed by atoms with E-state index in [1.807, 2.05) is 43.3 Å². The molecule has 0 saturated heterocycles. The predicted octanol–water partition coefficient (Wildman–Crippen LogP) is 4.22. The molecule has 0 amide bonds. The van der Waals surface area contributed by atoms with Crippen molar-refractivity contribution in [2.75, 3.05) is 0 Å². The molecule has 108 valence electrons. The zero-order valence-corrected chi connectivity index (χ0v) is 12.2. The summed E-state index contributed by atoms with van der Waals surface area (Å²) in [6.45, 7) is 3.74. The van der Waals surface area contributed by atoms with Gasteiger partial charge in [-0.15, -0.1) is 0 Å². The zero-order chi connectivity index (χ0) is 15.3. The number of rotatable bonds is 1. The van der Waals surface area contributed by atoms with E-state index in [0.29, 0.717) is 17.0 Å². The maximum atomic E-state index is 12.1. The number of aromatic nitrogens is 1. The molecule has 0 saturated carbocycles. The summed E-state index contributed by atoms with van der Waals surface area (Å²) in [6.07, 6.45) is 1.66. The fourth-order valence-electron chi connectivity index (χ4n) is 2.76. The SMILES string of the molecule is Cc1c(-c2ccccc2)c2cc3c(C)coc3nc2oc1=O. The lowest BCUT2D eigenvalue weighted by Gasteiger charge is -2.08. The van der Waals surface area contributed by atoms with Gasteiger partial charge in [0.15, 0.2) is 0 Å². The van der Waals surface area contributed by atoms with Crippen molar-refractivity contribution < 1.29 is 8.83 Å². The number of hydrogen-bond acceptors (Lipinski definition) is 4. The molecule has 22 heavy (non-hydrogen) atoms. The summed E-state index contributed by atoms with van der Waals surface area (Å²) in [7, 11) is 0. The molecule has 0 spiro atoms. The second-order valence-corrected chi connectivity index (χ2v) is 5.37. The Bertz CT molecular complexity index is 1060. The average molecular weight is 291 g/mol. The maximum absolute atomic E-state index is 12.1. The second-order valence-electron chi connectivity index (χ2n) is 5.37. The van der Waals surface area contributed by atoms with E-state index in [4.69, 9.17) is 8.83 Å². The monoisotopic (exact) mass is 291 g/mol. The molecule has 3 heterocycles. The highest BCUT2D eigenvalue weighted by Gasteiger charge is 2.16. The van der Waals surface area contributed by atoms with Gasteiger partial charge in [-0.1, -0.05) is 30.3 Å². The summed E-state index contributed by atoms with van der Waals surface area (Å²) in [5.41, 5.74) is 3.84. The van der Waals surface area contributed by atoms with Crippen molar-refractivity contribution in [2.24, 2.45) is 0 Å². The van der Waals surface area contributed by atoms with Crippen LogP contribution >= 0.6 is 0 Å². The Balaban J connectivity index is 2.21. The van der Waals surface area contributed by atoms with E-state index >= 15 is 0 Å². The van der Waals surface area contributed by atoms with E-state index in [2.05, 4.69) is 4.98 Å². The van der Waals surface area contributed by atoms with E-state index in [1.165, 1.54) is 0 Å². The number of furan rings is 1. The van der Waals surface area contributed by atoms with Gasteiger partial charge in [0.1, 0.15) is 0 Å². The highest BCUT2D eigenvalue weighted by Crippen LogP contribution is 2.32. The molecule has 0 radical (unpaired) electrons. The third-order valence-corrected chi connectivity index (χ3v) is 3.93. The average Bonchev–Trinajstić information content (AvgIpc) is 2.88. The Morgan fingerprint density at radius 2 is 1.77 bits per heavy atom. The molecule has 0 fully saturated rings. The van der Waals surface area contributed by atoms with Crippen LogP contribution in [0.4, 0.5) is 0 Å². The number of fused-ring (bicyclic) bond motifs is 2. The van der Waals surface area contributed by atoms with Gasteiger partial charge in [0.05, 0.1) is 6.26 Å². The van der Waals surface area contributed by atoms with Crippen LogP contribution in [0.25, 0.3) is 33.3 Å². The fourth-order valence-corrected chi connectivity index (χ4v) is 2.76. The van der Waals surface area contributed by atoms with Crippen LogP contribution < -0.4 is 5.63 Å². The van der Waals surface area contributed by atoms with Gasteiger partial charge < -0.3 is 8.83 Å². The number of hydrogen-bond donors (Lipinski definition) is 0.